The summed E-state index contributed by atoms with van der Waals surface area (Å²) >= 11 is 0. The molecule has 306 valence electrons. The Balaban J connectivity index is 1.41. The van der Waals surface area contributed by atoms with Crippen molar-refractivity contribution in [2.45, 2.75) is 105 Å². The van der Waals surface area contributed by atoms with Gasteiger partial charge in [0.1, 0.15) is 61.0 Å². The number of phenols is 4. The molecule has 0 radical (unpaired) electrons. The van der Waals surface area contributed by atoms with Crippen LogP contribution in [-0.4, -0.2) is 179 Å². The molecule has 0 amide bonds. The molecule has 3 heterocycles. The Labute approximate surface area is 313 Å². The van der Waals surface area contributed by atoms with Crippen LogP contribution in [0.4, 0.5) is 0 Å². The average Bonchev–Trinajstić information content (AvgIpc) is 3.16. The average molecular weight is 787 g/mol. The molecule has 55 heavy (non-hydrogen) atoms. The zero-order valence-corrected chi connectivity index (χ0v) is 29.2. The van der Waals surface area contributed by atoms with E-state index in [4.69, 9.17) is 33.2 Å². The number of rotatable bonds is 13. The summed E-state index contributed by atoms with van der Waals surface area (Å²) in [5.74, 6) is -2.65. The predicted octanol–water partition coefficient (Wildman–Crippen LogP) is -3.19. The van der Waals surface area contributed by atoms with Gasteiger partial charge in [-0.2, -0.15) is 0 Å². The molecule has 0 aliphatic carbocycles. The highest BCUT2D eigenvalue weighted by atomic mass is 16.8. The van der Waals surface area contributed by atoms with Crippen LogP contribution in [0.3, 0.4) is 0 Å². The van der Waals surface area contributed by atoms with Gasteiger partial charge < -0.3 is 94.4 Å². The van der Waals surface area contributed by atoms with Crippen LogP contribution in [-0.2, 0) is 44.4 Å². The molecule has 20 nitrogen and oxygen atoms in total. The number of hydrogen-bond donors (Lipinski definition) is 12. The second kappa shape index (κ2) is 18.5. The molecule has 5 rings (SSSR count). The minimum absolute atomic E-state index is 0.133. The van der Waals surface area contributed by atoms with Gasteiger partial charge in [0.2, 0.25) is 0 Å². The van der Waals surface area contributed by atoms with Crippen molar-refractivity contribution < 1.29 is 99.2 Å². The number of aliphatic hydroxyl groups excluding tert-OH is 8. The van der Waals surface area contributed by atoms with Gasteiger partial charge in [-0.15, -0.1) is 0 Å². The first-order valence-electron chi connectivity index (χ1n) is 17.2. The van der Waals surface area contributed by atoms with Crippen molar-refractivity contribution in [2.75, 3.05) is 19.8 Å². The molecule has 15 atom stereocenters. The van der Waals surface area contributed by atoms with Gasteiger partial charge in [0.05, 0.1) is 25.9 Å². The minimum Gasteiger partial charge on any atom is -0.504 e. The van der Waals surface area contributed by atoms with E-state index < -0.39 is 123 Å². The zero-order chi connectivity index (χ0) is 40.1. The summed E-state index contributed by atoms with van der Waals surface area (Å²) in [6.07, 6.45) is -23.1. The number of hydrogen-bond acceptors (Lipinski definition) is 20. The van der Waals surface area contributed by atoms with Crippen molar-refractivity contribution in [1.29, 1.82) is 0 Å². The van der Waals surface area contributed by atoms with Crippen LogP contribution in [0.25, 0.3) is 6.08 Å². The molecule has 12 N–H and O–H groups in total. The number of phenolic OH excluding ortho intramolecular Hbond substituents is 4. The fourth-order valence-electron chi connectivity index (χ4n) is 6.22. The van der Waals surface area contributed by atoms with Crippen molar-refractivity contribution in [3.8, 4) is 23.0 Å². The quantitative estimate of drug-likeness (QED) is 0.0541. The van der Waals surface area contributed by atoms with Crippen LogP contribution >= 0.6 is 0 Å². The SMILES string of the molecule is C[C@@H]1O[C@@H](O[C@@H]2[C@@H](O)[C@H](OCCc3ccc(O)c(O)c3)O[C@@H](CO)[C@H]2OC(=O)/C=C/c2ccc(O)c(O)c2)[C@H](O[C@@H]2O[C@H](CO)[C@H](O)[C@H](O)[C@H]2O)[C@H](O)[C@H]1O. The van der Waals surface area contributed by atoms with E-state index in [9.17, 15) is 66.1 Å². The largest absolute Gasteiger partial charge is 0.504 e. The summed E-state index contributed by atoms with van der Waals surface area (Å²) < 4.78 is 40.2. The molecule has 3 aliphatic heterocycles. The first kappa shape index (κ1) is 42.4. The van der Waals surface area contributed by atoms with Gasteiger partial charge in [-0.3, -0.25) is 0 Å². The lowest BCUT2D eigenvalue weighted by atomic mass is 9.96. The van der Waals surface area contributed by atoms with E-state index in [1.165, 1.54) is 43.3 Å². The van der Waals surface area contributed by atoms with Crippen LogP contribution < -0.4 is 0 Å². The maximum absolute atomic E-state index is 13.1. The minimum atomic E-state index is -1.95. The topological polar surface area (TPSA) is 324 Å². The van der Waals surface area contributed by atoms with Gasteiger partial charge in [0.25, 0.3) is 0 Å². The third-order valence-electron chi connectivity index (χ3n) is 9.39. The molecule has 0 unspecified atom stereocenters. The van der Waals surface area contributed by atoms with Crippen molar-refractivity contribution >= 4 is 12.0 Å². The lowest BCUT2D eigenvalue weighted by Crippen LogP contribution is -2.66. The molecule has 3 saturated heterocycles. The maximum atomic E-state index is 13.1. The first-order chi connectivity index (χ1) is 26.1. The highest BCUT2D eigenvalue weighted by Gasteiger charge is 2.54. The Hall–Kier alpha value is -3.71. The fourth-order valence-corrected chi connectivity index (χ4v) is 6.22. The van der Waals surface area contributed by atoms with E-state index in [0.717, 1.165) is 12.1 Å². The van der Waals surface area contributed by atoms with Crippen molar-refractivity contribution in [2.24, 2.45) is 0 Å². The number of benzene rings is 2. The van der Waals surface area contributed by atoms with Gasteiger partial charge in [-0.25, -0.2) is 4.79 Å². The Morgan fingerprint density at radius 2 is 1.29 bits per heavy atom. The molecule has 2 aromatic rings. The Bertz CT molecular complexity index is 1610. The van der Waals surface area contributed by atoms with Crippen LogP contribution in [0.2, 0.25) is 0 Å². The zero-order valence-electron chi connectivity index (χ0n) is 29.2. The number of aromatic hydroxyl groups is 4. The smallest absolute Gasteiger partial charge is 0.331 e. The fraction of sp³-hybridized carbons (Fsp3) is 0.571. The van der Waals surface area contributed by atoms with Gasteiger partial charge in [0, 0.05) is 6.08 Å². The van der Waals surface area contributed by atoms with Crippen molar-refractivity contribution in [3.63, 3.8) is 0 Å². The molecule has 3 aliphatic rings. The van der Waals surface area contributed by atoms with E-state index in [1.54, 1.807) is 0 Å². The number of aliphatic hydroxyl groups is 8. The molecular weight excluding hydrogens is 740 g/mol. The molecule has 0 spiro atoms. The van der Waals surface area contributed by atoms with Crippen LogP contribution in [0, 0.1) is 0 Å². The van der Waals surface area contributed by atoms with E-state index in [2.05, 4.69) is 0 Å². The van der Waals surface area contributed by atoms with Gasteiger partial charge in [-0.05, 0) is 54.8 Å². The Kier molecular flexibility index (Phi) is 14.3. The number of carbonyl (C=O) groups is 1. The Morgan fingerprint density at radius 1 is 0.655 bits per heavy atom. The van der Waals surface area contributed by atoms with E-state index in [0.29, 0.717) is 5.56 Å². The number of carbonyl (C=O) groups excluding carboxylic acids is 1. The second-order valence-electron chi connectivity index (χ2n) is 13.2. The Morgan fingerprint density at radius 3 is 1.95 bits per heavy atom. The maximum Gasteiger partial charge on any atom is 0.331 e. The summed E-state index contributed by atoms with van der Waals surface area (Å²) in [6.45, 7) is -0.439. The molecule has 0 aromatic heterocycles. The van der Waals surface area contributed by atoms with E-state index in [1.807, 2.05) is 0 Å². The van der Waals surface area contributed by atoms with Crippen LogP contribution in [0.5, 0.6) is 23.0 Å². The first-order valence-corrected chi connectivity index (χ1v) is 17.2. The third kappa shape index (κ3) is 9.82. The number of esters is 1. The van der Waals surface area contributed by atoms with Crippen molar-refractivity contribution in [3.05, 3.63) is 53.6 Å². The molecule has 3 fully saturated rings. The monoisotopic (exact) mass is 786 g/mol. The lowest BCUT2D eigenvalue weighted by Gasteiger charge is -2.48. The van der Waals surface area contributed by atoms with Crippen molar-refractivity contribution in [1.82, 2.24) is 0 Å². The van der Waals surface area contributed by atoms with Crippen LogP contribution in [0.1, 0.15) is 18.1 Å². The summed E-state index contributed by atoms with van der Waals surface area (Å²) in [4.78, 5) is 13.1. The lowest BCUT2D eigenvalue weighted by molar-refractivity contribution is -0.386. The normalized spacial score (nSPS) is 36.9. The summed E-state index contributed by atoms with van der Waals surface area (Å²) in [6, 6.07) is 7.79. The molecule has 0 bridgehead atoms. The highest BCUT2D eigenvalue weighted by Crippen LogP contribution is 2.35. The summed E-state index contributed by atoms with van der Waals surface area (Å²) in [5.41, 5.74) is 0.803. The second-order valence-corrected chi connectivity index (χ2v) is 13.2. The molecule has 20 heteroatoms. The third-order valence-corrected chi connectivity index (χ3v) is 9.39. The van der Waals surface area contributed by atoms with Gasteiger partial charge in [-0.1, -0.05) is 12.1 Å². The van der Waals surface area contributed by atoms with Gasteiger partial charge in [0.15, 0.2) is 48.0 Å². The van der Waals surface area contributed by atoms with Gasteiger partial charge >= 0.3 is 5.97 Å². The van der Waals surface area contributed by atoms with Crippen LogP contribution in [0.15, 0.2) is 42.5 Å². The standard InChI is InChI=1S/C35H46O20/c1-14-24(43)27(46)32(55-34-28(47)26(45)25(44)21(12-36)51-34)35(50-14)54-31-29(48)33(49-9-8-16-3-6-18(39)20(41)11-16)52-22(13-37)30(31)53-23(42)7-4-15-2-5-17(38)19(40)10-15/h2-7,10-11,14,21-22,24-41,43-48H,8-9,12-13H2,1H3/b7-4+/t14-,21+,22-,24-,25-,26-,27+,28+,29+,30+,31+,32+,33+,34-,35-/m0/s1. The highest BCUT2D eigenvalue weighted by molar-refractivity contribution is 5.87. The predicted molar refractivity (Wildman–Crippen MR) is 180 cm³/mol. The number of ether oxygens (including phenoxy) is 7. The van der Waals surface area contributed by atoms with E-state index >= 15 is 0 Å². The molecule has 2 aromatic carbocycles. The summed E-state index contributed by atoms with van der Waals surface area (Å²) in [5, 5.41) is 123. The molecular formula is C35H46O20. The molecule has 0 saturated carbocycles. The summed E-state index contributed by atoms with van der Waals surface area (Å²) in [7, 11) is 0. The van der Waals surface area contributed by atoms with E-state index in [-0.39, 0.29) is 30.1 Å².